The van der Waals surface area contributed by atoms with Crippen LogP contribution in [0.3, 0.4) is 0 Å². The number of carbonyl (C=O) groups is 1. The van der Waals surface area contributed by atoms with Crippen molar-refractivity contribution >= 4 is 22.9 Å². The molecule has 0 bridgehead atoms. The van der Waals surface area contributed by atoms with E-state index in [-0.39, 0.29) is 12.1 Å². The van der Waals surface area contributed by atoms with Crippen molar-refractivity contribution in [3.8, 4) is 5.75 Å². The maximum absolute atomic E-state index is 12.3. The molecular weight excluding hydrogens is 304 g/mol. The number of pyridine rings is 1. The van der Waals surface area contributed by atoms with E-state index in [2.05, 4.69) is 20.6 Å². The van der Waals surface area contributed by atoms with Crippen molar-refractivity contribution in [2.75, 3.05) is 11.9 Å². The molecule has 0 spiro atoms. The molecule has 2 amide bonds. The van der Waals surface area contributed by atoms with E-state index in [0.717, 1.165) is 34.3 Å². The van der Waals surface area contributed by atoms with E-state index in [4.69, 9.17) is 4.74 Å². The van der Waals surface area contributed by atoms with Gasteiger partial charge in [0.15, 0.2) is 0 Å². The molecule has 1 aliphatic heterocycles. The highest BCUT2D eigenvalue weighted by Gasteiger charge is 2.24. The predicted molar refractivity (Wildman–Crippen MR) is 92.3 cm³/mol. The summed E-state index contributed by atoms with van der Waals surface area (Å²) in [6.45, 7) is 2.60. The minimum atomic E-state index is -0.267. The number of aromatic amines is 1. The lowest BCUT2D eigenvalue weighted by Crippen LogP contribution is -2.35. The Morgan fingerprint density at radius 2 is 2.21 bits per heavy atom. The highest BCUT2D eigenvalue weighted by atomic mass is 16.5. The second-order valence-corrected chi connectivity index (χ2v) is 5.89. The van der Waals surface area contributed by atoms with Gasteiger partial charge in [-0.25, -0.2) is 9.78 Å². The number of nitrogens with zero attached hydrogens (tertiary/aromatic N) is 1. The maximum Gasteiger partial charge on any atom is 0.320 e. The van der Waals surface area contributed by atoms with Gasteiger partial charge in [0.2, 0.25) is 0 Å². The minimum absolute atomic E-state index is 0.0651. The van der Waals surface area contributed by atoms with Gasteiger partial charge in [-0.1, -0.05) is 18.2 Å². The number of urea groups is 1. The monoisotopic (exact) mass is 322 g/mol. The van der Waals surface area contributed by atoms with Crippen molar-refractivity contribution < 1.29 is 9.53 Å². The molecule has 2 aromatic heterocycles. The minimum Gasteiger partial charge on any atom is -0.493 e. The smallest absolute Gasteiger partial charge is 0.320 e. The van der Waals surface area contributed by atoms with Gasteiger partial charge in [0.05, 0.1) is 23.7 Å². The Kier molecular flexibility index (Phi) is 3.57. The lowest BCUT2D eigenvalue weighted by molar-refractivity contribution is 0.231. The Bertz CT molecular complexity index is 903. The molecule has 0 fully saturated rings. The number of aryl methyl sites for hydroxylation is 1. The molecule has 0 aliphatic carbocycles. The van der Waals surface area contributed by atoms with Crippen molar-refractivity contribution in [3.63, 3.8) is 0 Å². The number of rotatable bonds is 2. The number of aromatic nitrogens is 2. The number of ether oxygens (including phenoxy) is 1. The van der Waals surface area contributed by atoms with E-state index in [1.165, 1.54) is 0 Å². The number of hydrogen-bond acceptors (Lipinski definition) is 3. The molecule has 0 radical (unpaired) electrons. The third-order valence-corrected chi connectivity index (χ3v) is 4.22. The van der Waals surface area contributed by atoms with Crippen LogP contribution in [0, 0.1) is 6.92 Å². The van der Waals surface area contributed by atoms with Crippen molar-refractivity contribution in [1.82, 2.24) is 15.3 Å². The third-order valence-electron chi connectivity index (χ3n) is 4.22. The first-order valence-corrected chi connectivity index (χ1v) is 7.95. The average molecular weight is 322 g/mol. The Morgan fingerprint density at radius 3 is 3.12 bits per heavy atom. The summed E-state index contributed by atoms with van der Waals surface area (Å²) in [7, 11) is 0. The number of para-hydroxylation sites is 1. The topological polar surface area (TPSA) is 79.0 Å². The highest BCUT2D eigenvalue weighted by molar-refractivity contribution is 5.90. The summed E-state index contributed by atoms with van der Waals surface area (Å²) in [6.07, 6.45) is 2.57. The van der Waals surface area contributed by atoms with E-state index >= 15 is 0 Å². The zero-order chi connectivity index (χ0) is 16.5. The second-order valence-electron chi connectivity index (χ2n) is 5.89. The molecule has 0 saturated heterocycles. The summed E-state index contributed by atoms with van der Waals surface area (Å²) in [4.78, 5) is 19.8. The largest absolute Gasteiger partial charge is 0.493 e. The Morgan fingerprint density at radius 1 is 1.29 bits per heavy atom. The molecule has 122 valence electrons. The molecule has 4 rings (SSSR count). The highest BCUT2D eigenvalue weighted by Crippen LogP contribution is 2.34. The molecule has 0 saturated carbocycles. The van der Waals surface area contributed by atoms with Crippen molar-refractivity contribution in [3.05, 3.63) is 53.7 Å². The fourth-order valence-electron chi connectivity index (χ4n) is 3.05. The summed E-state index contributed by atoms with van der Waals surface area (Å²) >= 11 is 0. The van der Waals surface area contributed by atoms with Crippen LogP contribution in [0.25, 0.3) is 11.0 Å². The van der Waals surface area contributed by atoms with Crippen LogP contribution in [-0.4, -0.2) is 22.6 Å². The van der Waals surface area contributed by atoms with Crippen molar-refractivity contribution in [2.45, 2.75) is 19.4 Å². The Hall–Kier alpha value is -3.02. The number of nitrogens with one attached hydrogen (secondary N) is 3. The van der Waals surface area contributed by atoms with Crippen LogP contribution in [0.15, 0.2) is 42.6 Å². The molecule has 1 aromatic carbocycles. The van der Waals surface area contributed by atoms with Crippen LogP contribution >= 0.6 is 0 Å². The molecule has 3 N–H and O–H groups in total. The quantitative estimate of drug-likeness (QED) is 0.675. The number of benzene rings is 1. The standard InChI is InChI=1S/C18H18N4O2/c1-11-3-2-4-12-13(8-10-24-17(11)12)21-18(23)22-16-6-5-14-15(20-16)7-9-19-14/h2-7,9,13,19H,8,10H2,1H3,(H2,20,21,22,23)/t13-/m0/s1. The lowest BCUT2D eigenvalue weighted by Gasteiger charge is -2.27. The first-order chi connectivity index (χ1) is 11.7. The molecule has 24 heavy (non-hydrogen) atoms. The zero-order valence-corrected chi connectivity index (χ0v) is 13.3. The van der Waals surface area contributed by atoms with Crippen molar-refractivity contribution in [2.24, 2.45) is 0 Å². The van der Waals surface area contributed by atoms with Crippen LogP contribution < -0.4 is 15.4 Å². The fraction of sp³-hybridized carbons (Fsp3) is 0.222. The van der Waals surface area contributed by atoms with Gasteiger partial charge in [-0.05, 0) is 30.7 Å². The molecule has 0 unspecified atom stereocenters. The van der Waals surface area contributed by atoms with Crippen molar-refractivity contribution in [1.29, 1.82) is 0 Å². The third kappa shape index (κ3) is 2.67. The number of amides is 2. The van der Waals surface area contributed by atoms with Gasteiger partial charge in [-0.2, -0.15) is 0 Å². The molecule has 1 atom stereocenters. The summed E-state index contributed by atoms with van der Waals surface area (Å²) in [5, 5.41) is 5.82. The van der Waals surface area contributed by atoms with E-state index < -0.39 is 0 Å². The molecule has 3 heterocycles. The summed E-state index contributed by atoms with van der Waals surface area (Å²) in [5.74, 6) is 1.40. The van der Waals surface area contributed by atoms with E-state index in [9.17, 15) is 4.79 Å². The Balaban J connectivity index is 1.50. The summed E-state index contributed by atoms with van der Waals surface area (Å²) < 4.78 is 5.74. The number of carbonyl (C=O) groups excluding carboxylic acids is 1. The fourth-order valence-corrected chi connectivity index (χ4v) is 3.05. The van der Waals surface area contributed by atoms with Gasteiger partial charge in [0.25, 0.3) is 0 Å². The van der Waals surface area contributed by atoms with Gasteiger partial charge in [0, 0.05) is 18.2 Å². The van der Waals surface area contributed by atoms with Crippen LogP contribution in [-0.2, 0) is 0 Å². The van der Waals surface area contributed by atoms with E-state index in [1.807, 2.05) is 43.5 Å². The zero-order valence-electron chi connectivity index (χ0n) is 13.3. The van der Waals surface area contributed by atoms with Crippen LogP contribution in [0.2, 0.25) is 0 Å². The van der Waals surface area contributed by atoms with E-state index in [1.54, 1.807) is 6.07 Å². The molecule has 3 aromatic rings. The molecular formula is C18H18N4O2. The van der Waals surface area contributed by atoms with Crippen LogP contribution in [0.4, 0.5) is 10.6 Å². The normalized spacial score (nSPS) is 16.3. The number of anilines is 1. The lowest BCUT2D eigenvalue weighted by atomic mass is 9.98. The number of H-pyrrole nitrogens is 1. The number of fused-ring (bicyclic) bond motifs is 2. The predicted octanol–water partition coefficient (Wildman–Crippen LogP) is 3.52. The maximum atomic E-state index is 12.3. The SMILES string of the molecule is Cc1cccc2c1OCC[C@@H]2NC(=O)Nc1ccc2[nH]ccc2n1. The van der Waals surface area contributed by atoms with Crippen LogP contribution in [0.1, 0.15) is 23.6 Å². The first kappa shape index (κ1) is 14.6. The molecule has 6 heteroatoms. The summed E-state index contributed by atoms with van der Waals surface area (Å²) in [6, 6.07) is 11.2. The molecule has 6 nitrogen and oxygen atoms in total. The molecule has 1 aliphatic rings. The van der Waals surface area contributed by atoms with Gasteiger partial charge in [-0.15, -0.1) is 0 Å². The first-order valence-electron chi connectivity index (χ1n) is 7.95. The van der Waals surface area contributed by atoms with E-state index in [0.29, 0.717) is 12.4 Å². The summed E-state index contributed by atoms with van der Waals surface area (Å²) in [5.41, 5.74) is 3.86. The van der Waals surface area contributed by atoms with Crippen LogP contribution in [0.5, 0.6) is 5.75 Å². The Labute approximate surface area is 139 Å². The van der Waals surface area contributed by atoms with Gasteiger partial charge < -0.3 is 15.0 Å². The van der Waals surface area contributed by atoms with Gasteiger partial charge in [-0.3, -0.25) is 5.32 Å². The van der Waals surface area contributed by atoms with Gasteiger partial charge >= 0.3 is 6.03 Å². The average Bonchev–Trinajstić information content (AvgIpc) is 3.03. The second kappa shape index (κ2) is 5.88. The van der Waals surface area contributed by atoms with Gasteiger partial charge in [0.1, 0.15) is 11.6 Å². The number of hydrogen-bond donors (Lipinski definition) is 3.